The van der Waals surface area contributed by atoms with Crippen molar-refractivity contribution in [3.05, 3.63) is 58.9 Å². The lowest BCUT2D eigenvalue weighted by Gasteiger charge is -2.16. The number of hydrogen-bond acceptors (Lipinski definition) is 4. The molecule has 0 radical (unpaired) electrons. The topological polar surface area (TPSA) is 48.1 Å². The molecule has 0 spiro atoms. The Labute approximate surface area is 119 Å². The Hall–Kier alpha value is -1.98. The first-order valence-corrected chi connectivity index (χ1v) is 6.99. The second kappa shape index (κ2) is 5.19. The molecule has 3 aromatic rings. The summed E-state index contributed by atoms with van der Waals surface area (Å²) in [6, 6.07) is 7.82. The number of ether oxygens (including phenoxy) is 1. The van der Waals surface area contributed by atoms with Gasteiger partial charge in [-0.05, 0) is 41.3 Å². The van der Waals surface area contributed by atoms with Crippen LogP contribution < -0.4 is 10.5 Å². The fraction of sp³-hybridized carbons (Fsp3) is 0.133. The molecule has 0 aliphatic carbocycles. The number of nitrogens with two attached hydrogens (primary N) is 1. The molecule has 0 saturated carbocycles. The highest BCUT2D eigenvalue weighted by Gasteiger charge is 2.16. The van der Waals surface area contributed by atoms with Gasteiger partial charge in [-0.15, -0.1) is 11.3 Å². The molecule has 1 atom stereocenters. The molecule has 2 aromatic heterocycles. The van der Waals surface area contributed by atoms with E-state index in [1.165, 1.54) is 12.1 Å². The van der Waals surface area contributed by atoms with Gasteiger partial charge in [0.15, 0.2) is 0 Å². The summed E-state index contributed by atoms with van der Waals surface area (Å²) in [5.74, 6) is 0.242. The zero-order chi connectivity index (χ0) is 14.1. The van der Waals surface area contributed by atoms with Crippen LogP contribution in [0.3, 0.4) is 0 Å². The van der Waals surface area contributed by atoms with Crippen LogP contribution in [0.5, 0.6) is 5.75 Å². The van der Waals surface area contributed by atoms with Crippen molar-refractivity contribution in [3.63, 3.8) is 0 Å². The third kappa shape index (κ3) is 2.26. The minimum absolute atomic E-state index is 0.332. The fourth-order valence-corrected chi connectivity index (χ4v) is 2.95. The first-order valence-electron chi connectivity index (χ1n) is 6.11. The molecule has 20 heavy (non-hydrogen) atoms. The number of methoxy groups -OCH3 is 1. The number of thiophene rings is 1. The SMILES string of the molecule is COc1ccc(F)cc1C(N)c1cnc2ccsc2c1. The molecule has 3 rings (SSSR count). The Morgan fingerprint density at radius 3 is 2.95 bits per heavy atom. The quantitative estimate of drug-likeness (QED) is 0.802. The predicted octanol–water partition coefficient (Wildman–Crippen LogP) is 3.49. The van der Waals surface area contributed by atoms with Gasteiger partial charge in [0.2, 0.25) is 0 Å². The van der Waals surface area contributed by atoms with Gasteiger partial charge < -0.3 is 10.5 Å². The average Bonchev–Trinajstić information content (AvgIpc) is 2.93. The van der Waals surface area contributed by atoms with E-state index >= 15 is 0 Å². The maximum absolute atomic E-state index is 13.4. The molecule has 1 unspecified atom stereocenters. The molecule has 0 aliphatic heterocycles. The van der Waals surface area contributed by atoms with E-state index < -0.39 is 6.04 Å². The molecule has 0 amide bonds. The van der Waals surface area contributed by atoms with Crippen LogP contribution in [0, 0.1) is 5.82 Å². The van der Waals surface area contributed by atoms with Gasteiger partial charge in [-0.3, -0.25) is 4.98 Å². The summed E-state index contributed by atoms with van der Waals surface area (Å²) < 4.78 is 19.8. The van der Waals surface area contributed by atoms with Crippen molar-refractivity contribution < 1.29 is 9.13 Å². The lowest BCUT2D eigenvalue weighted by molar-refractivity contribution is 0.406. The van der Waals surface area contributed by atoms with Gasteiger partial charge >= 0.3 is 0 Å². The lowest BCUT2D eigenvalue weighted by atomic mass is 10.00. The van der Waals surface area contributed by atoms with Crippen LogP contribution in [-0.2, 0) is 0 Å². The third-order valence-electron chi connectivity index (χ3n) is 3.21. The fourth-order valence-electron chi connectivity index (χ4n) is 2.16. The minimum Gasteiger partial charge on any atom is -0.496 e. The van der Waals surface area contributed by atoms with Crippen LogP contribution in [0.1, 0.15) is 17.2 Å². The monoisotopic (exact) mass is 288 g/mol. The molecule has 5 heteroatoms. The molecular formula is C15H13FN2OS. The van der Waals surface area contributed by atoms with Crippen LogP contribution in [0.15, 0.2) is 41.9 Å². The molecular weight excluding hydrogens is 275 g/mol. The van der Waals surface area contributed by atoms with Crippen molar-refractivity contribution >= 4 is 21.6 Å². The van der Waals surface area contributed by atoms with Crippen molar-refractivity contribution in [1.29, 1.82) is 0 Å². The summed E-state index contributed by atoms with van der Waals surface area (Å²) in [7, 11) is 1.55. The summed E-state index contributed by atoms with van der Waals surface area (Å²) >= 11 is 1.60. The largest absolute Gasteiger partial charge is 0.496 e. The first-order chi connectivity index (χ1) is 9.69. The molecule has 0 bridgehead atoms. The highest BCUT2D eigenvalue weighted by molar-refractivity contribution is 7.17. The van der Waals surface area contributed by atoms with E-state index in [0.29, 0.717) is 11.3 Å². The average molecular weight is 288 g/mol. The van der Waals surface area contributed by atoms with Gasteiger partial charge in [0.05, 0.1) is 23.4 Å². The van der Waals surface area contributed by atoms with Crippen molar-refractivity contribution in [2.24, 2.45) is 5.73 Å². The molecule has 2 N–H and O–H groups in total. The molecule has 0 fully saturated rings. The highest BCUT2D eigenvalue weighted by Crippen LogP contribution is 2.30. The van der Waals surface area contributed by atoms with Crippen molar-refractivity contribution in [2.45, 2.75) is 6.04 Å². The number of halogens is 1. The van der Waals surface area contributed by atoms with E-state index in [0.717, 1.165) is 15.8 Å². The van der Waals surface area contributed by atoms with Gasteiger partial charge in [0, 0.05) is 11.8 Å². The molecule has 0 saturated heterocycles. The number of fused-ring (bicyclic) bond motifs is 1. The smallest absolute Gasteiger partial charge is 0.124 e. The Kier molecular flexibility index (Phi) is 3.38. The number of aromatic nitrogens is 1. The number of rotatable bonds is 3. The normalized spacial score (nSPS) is 12.6. The maximum atomic E-state index is 13.4. The standard InChI is InChI=1S/C15H13FN2OS/c1-19-13-3-2-10(16)7-11(13)15(17)9-6-14-12(18-8-9)4-5-20-14/h2-8,15H,17H2,1H3. The van der Waals surface area contributed by atoms with Gasteiger partial charge in [0.1, 0.15) is 11.6 Å². The van der Waals surface area contributed by atoms with Crippen LogP contribution in [-0.4, -0.2) is 12.1 Å². The number of hydrogen-bond donors (Lipinski definition) is 1. The second-order valence-electron chi connectivity index (χ2n) is 4.44. The molecule has 3 nitrogen and oxygen atoms in total. The summed E-state index contributed by atoms with van der Waals surface area (Å²) in [6.07, 6.45) is 1.73. The van der Waals surface area contributed by atoms with Crippen LogP contribution >= 0.6 is 11.3 Å². The van der Waals surface area contributed by atoms with Crippen LogP contribution in [0.25, 0.3) is 10.2 Å². The third-order valence-corrected chi connectivity index (χ3v) is 4.06. The lowest BCUT2D eigenvalue weighted by Crippen LogP contribution is -2.13. The molecule has 2 heterocycles. The van der Waals surface area contributed by atoms with E-state index in [2.05, 4.69) is 4.98 Å². The summed E-state index contributed by atoms with van der Waals surface area (Å²) in [4.78, 5) is 4.36. The van der Waals surface area contributed by atoms with Crippen LogP contribution in [0.4, 0.5) is 4.39 Å². The van der Waals surface area contributed by atoms with E-state index in [4.69, 9.17) is 10.5 Å². The minimum atomic E-state index is -0.473. The number of benzene rings is 1. The van der Waals surface area contributed by atoms with E-state index in [1.807, 2.05) is 17.5 Å². The zero-order valence-electron chi connectivity index (χ0n) is 10.8. The Morgan fingerprint density at radius 2 is 2.15 bits per heavy atom. The summed E-state index contributed by atoms with van der Waals surface area (Å²) in [5, 5.41) is 1.98. The second-order valence-corrected chi connectivity index (χ2v) is 5.38. The predicted molar refractivity (Wildman–Crippen MR) is 78.6 cm³/mol. The number of pyridine rings is 1. The molecule has 102 valence electrons. The Balaban J connectivity index is 2.06. The molecule has 0 aliphatic rings. The van der Waals surface area contributed by atoms with Gasteiger partial charge in [0.25, 0.3) is 0 Å². The van der Waals surface area contributed by atoms with Crippen LogP contribution in [0.2, 0.25) is 0 Å². The highest BCUT2D eigenvalue weighted by atomic mass is 32.1. The summed E-state index contributed by atoms with van der Waals surface area (Å²) in [6.45, 7) is 0. The van der Waals surface area contributed by atoms with Gasteiger partial charge in [-0.2, -0.15) is 0 Å². The van der Waals surface area contributed by atoms with E-state index in [-0.39, 0.29) is 5.82 Å². The number of nitrogens with zero attached hydrogens (tertiary/aromatic N) is 1. The van der Waals surface area contributed by atoms with E-state index in [1.54, 1.807) is 30.7 Å². The van der Waals surface area contributed by atoms with Gasteiger partial charge in [-0.25, -0.2) is 4.39 Å². The Morgan fingerprint density at radius 1 is 1.30 bits per heavy atom. The summed E-state index contributed by atoms with van der Waals surface area (Å²) in [5.41, 5.74) is 8.63. The van der Waals surface area contributed by atoms with Crippen molar-refractivity contribution in [3.8, 4) is 5.75 Å². The first kappa shape index (κ1) is 13.0. The molecule has 1 aromatic carbocycles. The zero-order valence-corrected chi connectivity index (χ0v) is 11.7. The Bertz CT molecular complexity index is 756. The maximum Gasteiger partial charge on any atom is 0.124 e. The van der Waals surface area contributed by atoms with Crippen molar-refractivity contribution in [1.82, 2.24) is 4.98 Å². The van der Waals surface area contributed by atoms with E-state index in [9.17, 15) is 4.39 Å². The van der Waals surface area contributed by atoms with Gasteiger partial charge in [-0.1, -0.05) is 0 Å². The van der Waals surface area contributed by atoms with Crippen molar-refractivity contribution in [2.75, 3.05) is 7.11 Å².